The number of aliphatic hydroxyl groups is 1. The van der Waals surface area contributed by atoms with E-state index in [-0.39, 0.29) is 24.8 Å². The molecule has 23 heavy (non-hydrogen) atoms. The van der Waals surface area contributed by atoms with Gasteiger partial charge < -0.3 is 19.3 Å². The van der Waals surface area contributed by atoms with Gasteiger partial charge in [-0.2, -0.15) is 0 Å². The summed E-state index contributed by atoms with van der Waals surface area (Å²) < 4.78 is 15.9. The molecule has 2 rings (SSSR count). The molecule has 1 fully saturated rings. The van der Waals surface area contributed by atoms with Gasteiger partial charge in [0.25, 0.3) is 0 Å². The highest BCUT2D eigenvalue weighted by Gasteiger charge is 2.23. The SMILES string of the molecule is COC(=O)c1ccc(OC[C@H](O)CN2C[C@@H](C)O[C@@H](C)C2)cc1. The average Bonchev–Trinajstić information content (AvgIpc) is 2.51. The van der Waals surface area contributed by atoms with Gasteiger partial charge in [0, 0.05) is 19.6 Å². The molecule has 6 nitrogen and oxygen atoms in total. The van der Waals surface area contributed by atoms with E-state index in [9.17, 15) is 9.90 Å². The Hall–Kier alpha value is -1.63. The first-order valence-electron chi connectivity index (χ1n) is 7.85. The molecule has 1 saturated heterocycles. The molecule has 1 aromatic rings. The number of carbonyl (C=O) groups excluding carboxylic acids is 1. The zero-order valence-corrected chi connectivity index (χ0v) is 13.9. The Morgan fingerprint density at radius 2 is 1.91 bits per heavy atom. The van der Waals surface area contributed by atoms with Gasteiger partial charge in [0.15, 0.2) is 0 Å². The largest absolute Gasteiger partial charge is 0.491 e. The minimum atomic E-state index is -0.576. The standard InChI is InChI=1S/C17H25NO5/c1-12-8-18(9-13(2)23-12)10-15(19)11-22-16-6-4-14(5-7-16)17(20)21-3/h4-7,12-13,15,19H,8-11H2,1-3H3/t12-,13+,15-/m1/s1. The second kappa shape index (κ2) is 8.29. The summed E-state index contributed by atoms with van der Waals surface area (Å²) in [5.74, 6) is 0.229. The number of nitrogens with zero attached hydrogens (tertiary/aromatic N) is 1. The lowest BCUT2D eigenvalue weighted by Gasteiger charge is -2.36. The molecule has 0 amide bonds. The van der Waals surface area contributed by atoms with Crippen LogP contribution >= 0.6 is 0 Å². The van der Waals surface area contributed by atoms with E-state index >= 15 is 0 Å². The van der Waals surface area contributed by atoms with Gasteiger partial charge in [0.2, 0.25) is 0 Å². The minimum absolute atomic E-state index is 0.178. The summed E-state index contributed by atoms with van der Waals surface area (Å²) in [6.07, 6.45) is -0.219. The van der Waals surface area contributed by atoms with Crippen LogP contribution in [-0.4, -0.2) is 67.6 Å². The third-order valence-electron chi connectivity index (χ3n) is 3.68. The lowest BCUT2D eigenvalue weighted by molar-refractivity contribution is -0.0786. The number of benzene rings is 1. The van der Waals surface area contributed by atoms with Gasteiger partial charge in [-0.05, 0) is 38.1 Å². The minimum Gasteiger partial charge on any atom is -0.491 e. The van der Waals surface area contributed by atoms with Gasteiger partial charge in [-0.1, -0.05) is 0 Å². The molecule has 1 aliphatic rings. The van der Waals surface area contributed by atoms with Crippen LogP contribution in [0.2, 0.25) is 0 Å². The third-order valence-corrected chi connectivity index (χ3v) is 3.68. The number of hydrogen-bond acceptors (Lipinski definition) is 6. The van der Waals surface area contributed by atoms with Crippen molar-refractivity contribution in [3.8, 4) is 5.75 Å². The molecule has 6 heteroatoms. The normalized spacial score (nSPS) is 23.3. The lowest BCUT2D eigenvalue weighted by Crippen LogP contribution is -2.48. The monoisotopic (exact) mass is 323 g/mol. The summed E-state index contributed by atoms with van der Waals surface area (Å²) in [6.45, 7) is 6.46. The lowest BCUT2D eigenvalue weighted by atomic mass is 10.2. The van der Waals surface area contributed by atoms with E-state index < -0.39 is 6.10 Å². The highest BCUT2D eigenvalue weighted by Crippen LogP contribution is 2.14. The summed E-state index contributed by atoms with van der Waals surface area (Å²) in [5, 5.41) is 10.1. The number of esters is 1. The summed E-state index contributed by atoms with van der Waals surface area (Å²) in [7, 11) is 1.34. The molecule has 3 atom stereocenters. The molecule has 0 aromatic heterocycles. The number of morpholine rings is 1. The molecule has 1 aliphatic heterocycles. The van der Waals surface area contributed by atoms with E-state index in [1.165, 1.54) is 7.11 Å². The van der Waals surface area contributed by atoms with Crippen molar-refractivity contribution in [1.82, 2.24) is 4.90 Å². The van der Waals surface area contributed by atoms with E-state index in [1.54, 1.807) is 24.3 Å². The van der Waals surface area contributed by atoms with Crippen molar-refractivity contribution in [1.29, 1.82) is 0 Å². The van der Waals surface area contributed by atoms with Crippen LogP contribution in [0.25, 0.3) is 0 Å². The van der Waals surface area contributed by atoms with Crippen LogP contribution < -0.4 is 4.74 Å². The second-order valence-electron chi connectivity index (χ2n) is 5.96. The molecule has 128 valence electrons. The molecule has 1 N–H and O–H groups in total. The average molecular weight is 323 g/mol. The number of hydrogen-bond donors (Lipinski definition) is 1. The van der Waals surface area contributed by atoms with Crippen molar-refractivity contribution in [3.05, 3.63) is 29.8 Å². The molecule has 0 unspecified atom stereocenters. The Bertz CT molecular complexity index is 494. The van der Waals surface area contributed by atoms with Gasteiger partial charge >= 0.3 is 5.97 Å². The van der Waals surface area contributed by atoms with Crippen molar-refractivity contribution >= 4 is 5.97 Å². The topological polar surface area (TPSA) is 68.2 Å². The number of ether oxygens (including phenoxy) is 3. The predicted octanol–water partition coefficient (Wildman–Crippen LogP) is 1.32. The summed E-state index contributed by atoms with van der Waals surface area (Å²) in [5.41, 5.74) is 0.469. The van der Waals surface area contributed by atoms with Crippen LogP contribution in [0.5, 0.6) is 5.75 Å². The van der Waals surface area contributed by atoms with Crippen molar-refractivity contribution in [3.63, 3.8) is 0 Å². The molecule has 1 heterocycles. The van der Waals surface area contributed by atoms with Crippen LogP contribution in [0.15, 0.2) is 24.3 Å². The molecule has 0 radical (unpaired) electrons. The summed E-state index contributed by atoms with van der Waals surface area (Å²) in [4.78, 5) is 13.5. The maximum absolute atomic E-state index is 11.3. The van der Waals surface area contributed by atoms with Gasteiger partial charge in [-0.25, -0.2) is 4.79 Å². The van der Waals surface area contributed by atoms with E-state index in [0.29, 0.717) is 17.9 Å². The van der Waals surface area contributed by atoms with Crippen molar-refractivity contribution < 1.29 is 24.1 Å². The number of β-amino-alcohol motifs (C(OH)–C–C–N with tert-alkyl or cyclic N) is 1. The van der Waals surface area contributed by atoms with Crippen LogP contribution in [0, 0.1) is 0 Å². The van der Waals surface area contributed by atoms with Crippen LogP contribution in [-0.2, 0) is 9.47 Å². The first-order chi connectivity index (χ1) is 11.0. The van der Waals surface area contributed by atoms with Gasteiger partial charge in [-0.15, -0.1) is 0 Å². The first-order valence-corrected chi connectivity index (χ1v) is 7.85. The predicted molar refractivity (Wildman–Crippen MR) is 85.7 cm³/mol. The number of rotatable bonds is 6. The Morgan fingerprint density at radius 3 is 2.48 bits per heavy atom. The Balaban J connectivity index is 1.77. The van der Waals surface area contributed by atoms with E-state index in [0.717, 1.165) is 13.1 Å². The fraction of sp³-hybridized carbons (Fsp3) is 0.588. The number of aliphatic hydroxyl groups excluding tert-OH is 1. The first kappa shape index (κ1) is 17.7. The molecule has 0 bridgehead atoms. The van der Waals surface area contributed by atoms with Crippen molar-refractivity contribution in [2.45, 2.75) is 32.2 Å². The van der Waals surface area contributed by atoms with Crippen molar-refractivity contribution in [2.24, 2.45) is 0 Å². The van der Waals surface area contributed by atoms with Gasteiger partial charge in [-0.3, -0.25) is 4.90 Å². The smallest absolute Gasteiger partial charge is 0.337 e. The van der Waals surface area contributed by atoms with Crippen molar-refractivity contribution in [2.75, 3.05) is 33.4 Å². The molecule has 1 aromatic carbocycles. The fourth-order valence-corrected chi connectivity index (χ4v) is 2.78. The molecular weight excluding hydrogens is 298 g/mol. The number of methoxy groups -OCH3 is 1. The van der Waals surface area contributed by atoms with E-state index in [2.05, 4.69) is 9.64 Å². The second-order valence-corrected chi connectivity index (χ2v) is 5.96. The summed E-state index contributed by atoms with van der Waals surface area (Å²) in [6, 6.07) is 6.66. The zero-order valence-electron chi connectivity index (χ0n) is 13.9. The van der Waals surface area contributed by atoms with Crippen LogP contribution in [0.3, 0.4) is 0 Å². The quantitative estimate of drug-likeness (QED) is 0.797. The van der Waals surface area contributed by atoms with Crippen LogP contribution in [0.4, 0.5) is 0 Å². The third kappa shape index (κ3) is 5.49. The summed E-state index contributed by atoms with van der Waals surface area (Å²) >= 11 is 0. The maximum atomic E-state index is 11.3. The molecule has 0 spiro atoms. The molecule has 0 aliphatic carbocycles. The Kier molecular flexibility index (Phi) is 6.38. The molecule has 0 saturated carbocycles. The Labute approximate surface area is 136 Å². The van der Waals surface area contributed by atoms with Crippen LogP contribution in [0.1, 0.15) is 24.2 Å². The zero-order chi connectivity index (χ0) is 16.8. The van der Waals surface area contributed by atoms with E-state index in [1.807, 2.05) is 13.8 Å². The highest BCUT2D eigenvalue weighted by atomic mass is 16.5. The maximum Gasteiger partial charge on any atom is 0.337 e. The van der Waals surface area contributed by atoms with Gasteiger partial charge in [0.05, 0.1) is 24.9 Å². The Morgan fingerprint density at radius 1 is 1.30 bits per heavy atom. The highest BCUT2D eigenvalue weighted by molar-refractivity contribution is 5.89. The van der Waals surface area contributed by atoms with E-state index in [4.69, 9.17) is 9.47 Å². The van der Waals surface area contributed by atoms with Gasteiger partial charge in [0.1, 0.15) is 18.5 Å². The number of carbonyl (C=O) groups is 1. The fourth-order valence-electron chi connectivity index (χ4n) is 2.78. The molecular formula is C17H25NO5.